The van der Waals surface area contributed by atoms with Crippen LogP contribution in [0.4, 0.5) is 0 Å². The fourth-order valence-corrected chi connectivity index (χ4v) is 7.13. The van der Waals surface area contributed by atoms with E-state index in [-0.39, 0.29) is 10.8 Å². The molecule has 0 aliphatic heterocycles. The maximum Gasteiger partial charge on any atom is 0.133 e. The number of rotatable bonds is 9. The predicted octanol–water partition coefficient (Wildman–Crippen LogP) is 9.25. The van der Waals surface area contributed by atoms with Crippen molar-refractivity contribution in [1.29, 1.82) is 0 Å². The molecule has 38 heavy (non-hydrogen) atoms. The van der Waals surface area contributed by atoms with Crippen molar-refractivity contribution in [3.8, 4) is 11.5 Å². The maximum absolute atomic E-state index is 11.3. The summed E-state index contributed by atoms with van der Waals surface area (Å²) in [4.78, 5) is 1.81. The Morgan fingerprint density at radius 1 is 0.553 bits per heavy atom. The highest BCUT2D eigenvalue weighted by molar-refractivity contribution is 8.03. The second-order valence-corrected chi connectivity index (χ2v) is 13.3. The van der Waals surface area contributed by atoms with Crippen LogP contribution in [0.15, 0.2) is 94.7 Å². The van der Waals surface area contributed by atoms with E-state index in [0.717, 1.165) is 43.6 Å². The van der Waals surface area contributed by atoms with Crippen molar-refractivity contribution in [2.24, 2.45) is 0 Å². The highest BCUT2D eigenvalue weighted by atomic mass is 32.2. The van der Waals surface area contributed by atoms with Crippen LogP contribution in [0.3, 0.4) is 0 Å². The van der Waals surface area contributed by atoms with Crippen molar-refractivity contribution in [1.82, 2.24) is 0 Å². The van der Waals surface area contributed by atoms with Crippen LogP contribution in [0, 0.1) is 13.8 Å². The molecule has 4 rings (SSSR count). The van der Waals surface area contributed by atoms with Gasteiger partial charge >= 0.3 is 0 Å². The van der Waals surface area contributed by atoms with Gasteiger partial charge in [0.15, 0.2) is 0 Å². The van der Waals surface area contributed by atoms with Crippen LogP contribution in [-0.4, -0.2) is 21.7 Å². The van der Waals surface area contributed by atoms with Crippen molar-refractivity contribution in [3.63, 3.8) is 0 Å². The van der Waals surface area contributed by atoms with Gasteiger partial charge < -0.3 is 10.2 Å². The van der Waals surface area contributed by atoms with Gasteiger partial charge in [0.1, 0.15) is 11.5 Å². The number of hydrogen-bond acceptors (Lipinski definition) is 4. The first-order chi connectivity index (χ1) is 18.0. The second kappa shape index (κ2) is 11.5. The summed E-state index contributed by atoms with van der Waals surface area (Å²) in [6.07, 6.45) is 0. The number of phenols is 2. The molecule has 0 saturated heterocycles. The van der Waals surface area contributed by atoms with Crippen LogP contribution in [0.2, 0.25) is 0 Å². The van der Waals surface area contributed by atoms with Gasteiger partial charge in [-0.15, -0.1) is 23.5 Å². The zero-order valence-electron chi connectivity index (χ0n) is 23.2. The zero-order chi connectivity index (χ0) is 27.5. The van der Waals surface area contributed by atoms with Crippen LogP contribution in [-0.2, 0) is 10.8 Å². The molecule has 4 heteroatoms. The average Bonchev–Trinajstić information content (AvgIpc) is 2.90. The minimum atomic E-state index is -0.309. The molecule has 2 nitrogen and oxygen atoms in total. The van der Waals surface area contributed by atoms with Crippen molar-refractivity contribution < 1.29 is 10.2 Å². The van der Waals surface area contributed by atoms with Crippen LogP contribution in [0.1, 0.15) is 61.1 Å². The first kappa shape index (κ1) is 28.2. The Kier molecular flexibility index (Phi) is 8.54. The Hall–Kier alpha value is -2.82. The van der Waals surface area contributed by atoms with Gasteiger partial charge in [0.25, 0.3) is 0 Å². The Labute approximate surface area is 236 Å². The molecule has 0 heterocycles. The monoisotopic (exact) mass is 542 g/mol. The minimum Gasteiger partial charge on any atom is -0.506 e. The van der Waals surface area contributed by atoms with Gasteiger partial charge in [-0.3, -0.25) is 0 Å². The maximum atomic E-state index is 11.3. The van der Waals surface area contributed by atoms with Crippen LogP contribution in [0.5, 0.6) is 11.5 Å². The third-order valence-electron chi connectivity index (χ3n) is 7.37. The number of benzene rings is 4. The van der Waals surface area contributed by atoms with Crippen molar-refractivity contribution in [2.45, 2.75) is 62.2 Å². The quantitative estimate of drug-likeness (QED) is 0.163. The molecule has 0 amide bonds. The summed E-state index contributed by atoms with van der Waals surface area (Å²) in [6.45, 7) is 12.8. The summed E-state index contributed by atoms with van der Waals surface area (Å²) in [6, 6.07) is 29.0. The highest BCUT2D eigenvalue weighted by Gasteiger charge is 2.29. The molecule has 0 radical (unpaired) electrons. The van der Waals surface area contributed by atoms with Gasteiger partial charge in [-0.2, -0.15) is 0 Å². The summed E-state index contributed by atoms with van der Waals surface area (Å²) in [5, 5.41) is 22.5. The smallest absolute Gasteiger partial charge is 0.133 e. The van der Waals surface area contributed by atoms with Crippen molar-refractivity contribution in [3.05, 3.63) is 118 Å². The first-order valence-corrected chi connectivity index (χ1v) is 15.0. The Morgan fingerprint density at radius 3 is 1.24 bits per heavy atom. The lowest BCUT2D eigenvalue weighted by Gasteiger charge is -2.28. The number of phenolic OH excluding ortho intramolecular Hbond substituents is 2. The first-order valence-electron chi connectivity index (χ1n) is 13.1. The standard InChI is InChI=1S/C34H38O2S2/c1-23-19-27(33(3,4)25-13-9-7-10-14-25)31(35)29(21-23)37-17-18-38-30-22-24(2)20-28(32(30)36)34(5,6)26-15-11-8-12-16-26/h7-16,19-22,35-36H,17-18H2,1-6H3. The summed E-state index contributed by atoms with van der Waals surface area (Å²) in [7, 11) is 0. The van der Waals surface area contributed by atoms with Crippen LogP contribution < -0.4 is 0 Å². The summed E-state index contributed by atoms with van der Waals surface area (Å²) >= 11 is 3.34. The van der Waals surface area contributed by atoms with E-state index >= 15 is 0 Å². The topological polar surface area (TPSA) is 40.5 Å². The van der Waals surface area contributed by atoms with Crippen LogP contribution >= 0.6 is 23.5 Å². The van der Waals surface area contributed by atoms with Gasteiger partial charge in [0.2, 0.25) is 0 Å². The lowest BCUT2D eigenvalue weighted by atomic mass is 9.77. The molecular weight excluding hydrogens is 505 g/mol. The van der Waals surface area contributed by atoms with Gasteiger partial charge in [-0.1, -0.05) is 100 Å². The summed E-state index contributed by atoms with van der Waals surface area (Å²) < 4.78 is 0. The fourth-order valence-electron chi connectivity index (χ4n) is 4.99. The fraction of sp³-hybridized carbons (Fsp3) is 0.294. The Balaban J connectivity index is 1.50. The van der Waals surface area contributed by atoms with Crippen LogP contribution in [0.25, 0.3) is 0 Å². The van der Waals surface area contributed by atoms with E-state index in [0.29, 0.717) is 11.5 Å². The second-order valence-electron chi connectivity index (χ2n) is 11.0. The molecule has 0 aliphatic carbocycles. The Morgan fingerprint density at radius 2 is 0.895 bits per heavy atom. The van der Waals surface area contributed by atoms with E-state index < -0.39 is 0 Å². The molecule has 198 valence electrons. The van der Waals surface area contributed by atoms with Crippen molar-refractivity contribution in [2.75, 3.05) is 11.5 Å². The normalized spacial score (nSPS) is 12.1. The molecule has 0 aromatic heterocycles. The van der Waals surface area contributed by atoms with Gasteiger partial charge in [-0.25, -0.2) is 0 Å². The largest absolute Gasteiger partial charge is 0.506 e. The van der Waals surface area contributed by atoms with E-state index in [9.17, 15) is 10.2 Å². The van der Waals surface area contributed by atoms with Gasteiger partial charge in [-0.05, 0) is 48.2 Å². The molecule has 0 atom stereocenters. The number of thioether (sulfide) groups is 2. The third kappa shape index (κ3) is 5.92. The molecule has 0 aliphatic rings. The SMILES string of the molecule is Cc1cc(SCCSc2cc(C)cc(C(C)(C)c3ccccc3)c2O)c(O)c(C(C)(C)c2ccccc2)c1. The lowest BCUT2D eigenvalue weighted by molar-refractivity contribution is 0.439. The van der Waals surface area contributed by atoms with E-state index in [1.54, 1.807) is 23.5 Å². The number of hydrogen-bond donors (Lipinski definition) is 2. The summed E-state index contributed by atoms with van der Waals surface area (Å²) in [5.74, 6) is 2.37. The predicted molar refractivity (Wildman–Crippen MR) is 164 cm³/mol. The molecule has 0 saturated carbocycles. The molecule has 0 spiro atoms. The summed E-state index contributed by atoms with van der Waals surface area (Å²) in [5.41, 5.74) is 5.91. The minimum absolute atomic E-state index is 0.309. The number of aryl methyl sites for hydroxylation is 2. The van der Waals surface area contributed by atoms with E-state index in [4.69, 9.17) is 0 Å². The van der Waals surface area contributed by atoms with Gasteiger partial charge in [0.05, 0.1) is 0 Å². The molecule has 0 fully saturated rings. The van der Waals surface area contributed by atoms with Gasteiger partial charge in [0, 0.05) is 43.3 Å². The van der Waals surface area contributed by atoms with E-state index in [1.165, 1.54) is 11.1 Å². The molecule has 0 unspecified atom stereocenters. The average molecular weight is 543 g/mol. The Bertz CT molecular complexity index is 1280. The number of aromatic hydroxyl groups is 2. The molecule has 2 N–H and O–H groups in total. The zero-order valence-corrected chi connectivity index (χ0v) is 24.8. The third-order valence-corrected chi connectivity index (χ3v) is 9.69. The lowest BCUT2D eigenvalue weighted by Crippen LogP contribution is -2.19. The van der Waals surface area contributed by atoms with Crippen molar-refractivity contribution >= 4 is 23.5 Å². The highest BCUT2D eigenvalue weighted by Crippen LogP contribution is 2.44. The van der Waals surface area contributed by atoms with E-state index in [1.807, 2.05) is 36.4 Å². The molecular formula is C34H38O2S2. The molecule has 4 aromatic rings. The molecule has 4 aromatic carbocycles. The van der Waals surface area contributed by atoms with E-state index in [2.05, 4.69) is 90.1 Å². The molecule has 0 bridgehead atoms.